The summed E-state index contributed by atoms with van der Waals surface area (Å²) in [5.41, 5.74) is 0.921. The summed E-state index contributed by atoms with van der Waals surface area (Å²) in [5, 5.41) is 24.5. The average Bonchev–Trinajstić information content (AvgIpc) is 3.37. The Bertz CT molecular complexity index is 1070. The van der Waals surface area contributed by atoms with Crippen molar-refractivity contribution in [3.05, 3.63) is 42.5 Å². The number of aromatic nitrogens is 4. The minimum atomic E-state index is -0.508. The number of aliphatic hydroxyl groups is 1. The number of urea groups is 1. The molecule has 36 heavy (non-hydrogen) atoms. The van der Waals surface area contributed by atoms with Gasteiger partial charge in [0.25, 0.3) is 5.95 Å². The molecule has 3 aromatic rings. The Balaban J connectivity index is 1.78. The van der Waals surface area contributed by atoms with E-state index in [1.165, 1.54) is 31.0 Å². The summed E-state index contributed by atoms with van der Waals surface area (Å²) in [6.07, 6.45) is 5.99. The molecule has 0 unspecified atom stereocenters. The molecule has 2 amide bonds. The number of hydrogen-bond donors (Lipinski definition) is 2. The quantitative estimate of drug-likeness (QED) is 0.313. The van der Waals surface area contributed by atoms with Gasteiger partial charge in [0.05, 0.1) is 33.6 Å². The maximum Gasteiger partial charge on any atom is 0.333 e. The number of aliphatic hydroxyl groups excluding tert-OH is 1. The largest absolute Gasteiger partial charge is 0.496 e. The van der Waals surface area contributed by atoms with E-state index in [2.05, 4.69) is 20.7 Å². The molecule has 0 spiro atoms. The average molecular weight is 499 g/mol. The Morgan fingerprint density at radius 1 is 0.944 bits per heavy atom. The minimum absolute atomic E-state index is 0.146. The maximum absolute atomic E-state index is 13.5. The van der Waals surface area contributed by atoms with Crippen LogP contribution >= 0.6 is 0 Å². The number of nitrogens with zero attached hydrogens (tertiary/aromatic N) is 5. The molecule has 11 heteroatoms. The normalized spacial score (nSPS) is 10.7. The van der Waals surface area contributed by atoms with Crippen molar-refractivity contribution >= 4 is 23.4 Å². The predicted molar refractivity (Wildman–Crippen MR) is 136 cm³/mol. The molecule has 0 radical (unpaired) electrons. The number of amides is 2. The second kappa shape index (κ2) is 13.9. The van der Waals surface area contributed by atoms with Crippen molar-refractivity contribution in [1.29, 1.82) is 0 Å². The van der Waals surface area contributed by atoms with Gasteiger partial charge in [0.2, 0.25) is 0 Å². The molecule has 1 aromatic heterocycles. The summed E-state index contributed by atoms with van der Waals surface area (Å²) in [4.78, 5) is 16.4. The van der Waals surface area contributed by atoms with Crippen LogP contribution in [0.1, 0.15) is 38.5 Å². The molecular formula is C25H34N6O5. The topological polar surface area (TPSA) is 124 Å². The third-order valence-corrected chi connectivity index (χ3v) is 5.57. The van der Waals surface area contributed by atoms with E-state index < -0.39 is 6.03 Å². The van der Waals surface area contributed by atoms with Crippen molar-refractivity contribution in [3.63, 3.8) is 0 Å². The Morgan fingerprint density at radius 3 is 2.19 bits per heavy atom. The zero-order chi connectivity index (χ0) is 25.8. The van der Waals surface area contributed by atoms with Crippen molar-refractivity contribution in [2.45, 2.75) is 45.1 Å². The number of carbonyl (C=O) groups excluding carboxylic acids is 1. The van der Waals surface area contributed by atoms with Gasteiger partial charge in [-0.2, -0.15) is 4.80 Å². The van der Waals surface area contributed by atoms with Crippen molar-refractivity contribution in [2.24, 2.45) is 0 Å². The number of para-hydroxylation sites is 1. The number of ether oxygens (including phenoxy) is 3. The van der Waals surface area contributed by atoms with Gasteiger partial charge in [0.15, 0.2) is 0 Å². The Hall–Kier alpha value is -3.86. The molecule has 0 aliphatic carbocycles. The highest BCUT2D eigenvalue weighted by Crippen LogP contribution is 2.39. The SMILES string of the molecule is COc1cc(OC)c(NC(=O)N(c2ccccc2)c2nnn(CCCCCCCCO)n2)c(OC)c1. The number of benzene rings is 2. The molecule has 0 atom stereocenters. The summed E-state index contributed by atoms with van der Waals surface area (Å²) in [7, 11) is 4.53. The first-order valence-corrected chi connectivity index (χ1v) is 12.0. The van der Waals surface area contributed by atoms with Crippen LogP contribution in [0.25, 0.3) is 0 Å². The lowest BCUT2D eigenvalue weighted by Gasteiger charge is -2.21. The van der Waals surface area contributed by atoms with Gasteiger partial charge in [0.1, 0.15) is 22.9 Å². The van der Waals surface area contributed by atoms with Gasteiger partial charge < -0.3 is 24.6 Å². The molecule has 2 aromatic carbocycles. The predicted octanol–water partition coefficient (Wildman–Crippen LogP) is 4.40. The van der Waals surface area contributed by atoms with Crippen LogP contribution in [-0.2, 0) is 6.54 Å². The Morgan fingerprint density at radius 2 is 1.58 bits per heavy atom. The molecule has 194 valence electrons. The lowest BCUT2D eigenvalue weighted by molar-refractivity contribution is 0.258. The van der Waals surface area contributed by atoms with Gasteiger partial charge in [-0.05, 0) is 30.2 Å². The first kappa shape index (κ1) is 26.7. The van der Waals surface area contributed by atoms with E-state index in [1.54, 1.807) is 24.3 Å². The molecule has 0 fully saturated rings. The van der Waals surface area contributed by atoms with E-state index in [0.717, 1.165) is 38.5 Å². The highest BCUT2D eigenvalue weighted by molar-refractivity contribution is 6.07. The molecule has 0 aliphatic rings. The number of aryl methyl sites for hydroxylation is 1. The standard InChI is InChI=1S/C25H34N6O5/c1-34-20-17-21(35-2)23(22(18-20)36-3)26-25(33)31(19-13-9-8-10-14-19)24-27-29-30(28-24)15-11-6-4-5-7-12-16-32/h8-10,13-14,17-18,32H,4-7,11-12,15-16H2,1-3H3,(H,26,33). The Labute approximate surface area is 211 Å². The zero-order valence-corrected chi connectivity index (χ0v) is 21.0. The van der Waals surface area contributed by atoms with E-state index in [-0.39, 0.29) is 12.6 Å². The highest BCUT2D eigenvalue weighted by Gasteiger charge is 2.25. The van der Waals surface area contributed by atoms with Crippen LogP contribution in [-0.4, -0.2) is 59.3 Å². The number of rotatable bonds is 14. The van der Waals surface area contributed by atoms with Crippen molar-refractivity contribution in [1.82, 2.24) is 20.2 Å². The fraction of sp³-hybridized carbons (Fsp3) is 0.440. The molecule has 3 rings (SSSR count). The molecule has 1 heterocycles. The van der Waals surface area contributed by atoms with E-state index in [0.29, 0.717) is 35.2 Å². The molecule has 0 saturated heterocycles. The monoisotopic (exact) mass is 498 g/mol. The van der Waals surface area contributed by atoms with E-state index in [4.69, 9.17) is 19.3 Å². The van der Waals surface area contributed by atoms with Gasteiger partial charge in [-0.25, -0.2) is 9.69 Å². The van der Waals surface area contributed by atoms with Crippen molar-refractivity contribution in [2.75, 3.05) is 38.2 Å². The number of hydrogen-bond acceptors (Lipinski definition) is 8. The van der Waals surface area contributed by atoms with Gasteiger partial charge in [-0.15, -0.1) is 5.10 Å². The second-order valence-electron chi connectivity index (χ2n) is 8.04. The van der Waals surface area contributed by atoms with Crippen LogP contribution in [0, 0.1) is 0 Å². The van der Waals surface area contributed by atoms with Crippen LogP contribution < -0.4 is 24.4 Å². The fourth-order valence-corrected chi connectivity index (χ4v) is 3.68. The highest BCUT2D eigenvalue weighted by atomic mass is 16.5. The third-order valence-electron chi connectivity index (χ3n) is 5.57. The molecule has 11 nitrogen and oxygen atoms in total. The zero-order valence-electron chi connectivity index (χ0n) is 21.0. The summed E-state index contributed by atoms with van der Waals surface area (Å²) in [5.74, 6) is 1.43. The van der Waals surface area contributed by atoms with E-state index in [1.807, 2.05) is 18.2 Å². The lowest BCUT2D eigenvalue weighted by Crippen LogP contribution is -2.32. The van der Waals surface area contributed by atoms with Gasteiger partial charge in [-0.3, -0.25) is 0 Å². The smallest absolute Gasteiger partial charge is 0.333 e. The van der Waals surface area contributed by atoms with Crippen LogP contribution in [0.3, 0.4) is 0 Å². The van der Waals surface area contributed by atoms with Crippen LogP contribution in [0.2, 0.25) is 0 Å². The van der Waals surface area contributed by atoms with Gasteiger partial charge in [-0.1, -0.05) is 49.0 Å². The minimum Gasteiger partial charge on any atom is -0.496 e. The summed E-state index contributed by atoms with van der Waals surface area (Å²) in [6, 6.07) is 11.9. The van der Waals surface area contributed by atoms with Gasteiger partial charge >= 0.3 is 6.03 Å². The maximum atomic E-state index is 13.5. The van der Waals surface area contributed by atoms with Crippen molar-refractivity contribution in [3.8, 4) is 17.2 Å². The molecule has 0 aliphatic heterocycles. The van der Waals surface area contributed by atoms with E-state index >= 15 is 0 Å². The number of methoxy groups -OCH3 is 3. The fourth-order valence-electron chi connectivity index (χ4n) is 3.68. The third kappa shape index (κ3) is 7.08. The lowest BCUT2D eigenvalue weighted by atomic mass is 10.1. The van der Waals surface area contributed by atoms with Crippen LogP contribution in [0.15, 0.2) is 42.5 Å². The van der Waals surface area contributed by atoms with Crippen molar-refractivity contribution < 1.29 is 24.1 Å². The first-order chi connectivity index (χ1) is 17.6. The summed E-state index contributed by atoms with van der Waals surface area (Å²) >= 11 is 0. The van der Waals surface area contributed by atoms with Gasteiger partial charge in [0, 0.05) is 18.7 Å². The number of carbonyl (C=O) groups is 1. The Kier molecular flexibility index (Phi) is 10.3. The molecule has 2 N–H and O–H groups in total. The number of unbranched alkanes of at least 4 members (excludes halogenated alkanes) is 5. The first-order valence-electron chi connectivity index (χ1n) is 12.0. The van der Waals surface area contributed by atoms with Crippen LogP contribution in [0.4, 0.5) is 22.1 Å². The molecule has 0 bridgehead atoms. The number of anilines is 3. The van der Waals surface area contributed by atoms with Crippen LogP contribution in [0.5, 0.6) is 17.2 Å². The second-order valence-corrected chi connectivity index (χ2v) is 8.04. The molecular weight excluding hydrogens is 464 g/mol. The summed E-state index contributed by atoms with van der Waals surface area (Å²) < 4.78 is 16.2. The summed E-state index contributed by atoms with van der Waals surface area (Å²) in [6.45, 7) is 0.840. The molecule has 0 saturated carbocycles. The number of nitrogens with one attached hydrogen (secondary N) is 1. The number of tetrazole rings is 1. The van der Waals surface area contributed by atoms with E-state index in [9.17, 15) is 4.79 Å².